The maximum atomic E-state index is 12.1. The van der Waals surface area contributed by atoms with Crippen LogP contribution in [0.3, 0.4) is 0 Å². The van der Waals surface area contributed by atoms with E-state index in [9.17, 15) is 9.59 Å². The van der Waals surface area contributed by atoms with Gasteiger partial charge in [0.2, 0.25) is 0 Å². The molecule has 0 radical (unpaired) electrons. The molecule has 0 spiro atoms. The zero-order valence-electron chi connectivity index (χ0n) is 13.8. The molecule has 0 fully saturated rings. The van der Waals surface area contributed by atoms with Crippen LogP contribution in [-0.4, -0.2) is 23.7 Å². The van der Waals surface area contributed by atoms with E-state index in [1.165, 1.54) is 0 Å². The zero-order valence-corrected chi connectivity index (χ0v) is 13.8. The van der Waals surface area contributed by atoms with Gasteiger partial charge in [-0.2, -0.15) is 0 Å². The highest BCUT2D eigenvalue weighted by Gasteiger charge is 2.28. The van der Waals surface area contributed by atoms with Gasteiger partial charge in [-0.1, -0.05) is 45.0 Å². The van der Waals surface area contributed by atoms with Gasteiger partial charge in [-0.15, -0.1) is 0 Å². The lowest BCUT2D eigenvalue weighted by Crippen LogP contribution is -2.43. The molecule has 2 amide bonds. The Kier molecular flexibility index (Phi) is 6.40. The second kappa shape index (κ2) is 7.82. The summed E-state index contributed by atoms with van der Waals surface area (Å²) in [5.41, 5.74) is 2.09. The first-order valence-corrected chi connectivity index (χ1v) is 7.53. The molecule has 5 nitrogen and oxygen atoms in total. The van der Waals surface area contributed by atoms with Crippen molar-refractivity contribution < 1.29 is 14.7 Å². The van der Waals surface area contributed by atoms with Crippen LogP contribution in [-0.2, 0) is 4.79 Å². The number of carbonyl (C=O) groups is 2. The van der Waals surface area contributed by atoms with Gasteiger partial charge in [-0.3, -0.25) is 4.79 Å². The van der Waals surface area contributed by atoms with Crippen molar-refractivity contribution in [1.82, 2.24) is 10.6 Å². The minimum Gasteiger partial charge on any atom is -0.481 e. The van der Waals surface area contributed by atoms with Crippen LogP contribution >= 0.6 is 0 Å². The summed E-state index contributed by atoms with van der Waals surface area (Å²) in [7, 11) is 0. The summed E-state index contributed by atoms with van der Waals surface area (Å²) < 4.78 is 0. The number of carboxylic acid groups (broad SMARTS) is 1. The molecule has 0 aliphatic carbocycles. The van der Waals surface area contributed by atoms with Crippen molar-refractivity contribution in [2.45, 2.75) is 46.6 Å². The molecule has 5 heteroatoms. The predicted molar refractivity (Wildman–Crippen MR) is 86.8 cm³/mol. The number of aryl methyl sites for hydroxylation is 1. The lowest BCUT2D eigenvalue weighted by molar-refractivity contribution is -0.137. The van der Waals surface area contributed by atoms with Crippen molar-refractivity contribution >= 4 is 12.0 Å². The molecular weight excluding hydrogens is 280 g/mol. The number of carboxylic acids is 1. The molecule has 1 aromatic rings. The van der Waals surface area contributed by atoms with Crippen molar-refractivity contribution in [1.29, 1.82) is 0 Å². The van der Waals surface area contributed by atoms with Crippen molar-refractivity contribution in [2.75, 3.05) is 6.54 Å². The summed E-state index contributed by atoms with van der Waals surface area (Å²) in [6, 6.07) is 7.61. The van der Waals surface area contributed by atoms with E-state index >= 15 is 0 Å². The fourth-order valence-electron chi connectivity index (χ4n) is 2.30. The Labute approximate surface area is 132 Å². The van der Waals surface area contributed by atoms with Gasteiger partial charge in [0.15, 0.2) is 0 Å². The largest absolute Gasteiger partial charge is 0.481 e. The first kappa shape index (κ1) is 18.0. The molecule has 0 heterocycles. The van der Waals surface area contributed by atoms with Crippen LogP contribution in [0, 0.1) is 12.3 Å². The van der Waals surface area contributed by atoms with E-state index in [0.29, 0.717) is 13.0 Å². The molecule has 1 aromatic carbocycles. The van der Waals surface area contributed by atoms with Crippen molar-refractivity contribution in [3.05, 3.63) is 35.4 Å². The third-order valence-electron chi connectivity index (χ3n) is 3.49. The lowest BCUT2D eigenvalue weighted by atomic mass is 9.81. The Balaban J connectivity index is 2.69. The number of urea groups is 1. The first-order valence-electron chi connectivity index (χ1n) is 7.53. The number of aliphatic carboxylic acids is 1. The van der Waals surface area contributed by atoms with Crippen LogP contribution in [0.25, 0.3) is 0 Å². The molecule has 0 aliphatic heterocycles. The Morgan fingerprint density at radius 3 is 2.41 bits per heavy atom. The fraction of sp³-hybridized carbons (Fsp3) is 0.529. The average molecular weight is 306 g/mol. The van der Waals surface area contributed by atoms with Crippen LogP contribution in [0.2, 0.25) is 0 Å². The van der Waals surface area contributed by atoms with Gasteiger partial charge in [0, 0.05) is 13.0 Å². The minimum absolute atomic E-state index is 0.0563. The molecule has 1 atom stereocenters. The number of nitrogens with one attached hydrogen (secondary N) is 2. The monoisotopic (exact) mass is 306 g/mol. The second-order valence-corrected chi connectivity index (χ2v) is 6.55. The molecule has 0 saturated carbocycles. The standard InChI is InChI=1S/C17H26N2O3/c1-12-8-5-6-9-13(12)15(17(2,3)4)19-16(22)18-11-7-10-14(20)21/h5-6,8-9,15H,7,10-11H2,1-4H3,(H,20,21)(H2,18,19,22). The van der Waals surface area contributed by atoms with E-state index in [1.807, 2.05) is 31.2 Å². The van der Waals surface area contributed by atoms with Gasteiger partial charge < -0.3 is 15.7 Å². The number of benzene rings is 1. The SMILES string of the molecule is Cc1ccccc1C(NC(=O)NCCCC(=O)O)C(C)(C)C. The molecule has 22 heavy (non-hydrogen) atoms. The molecule has 0 aromatic heterocycles. The third kappa shape index (κ3) is 5.76. The number of hydrogen-bond acceptors (Lipinski definition) is 2. The Morgan fingerprint density at radius 2 is 1.86 bits per heavy atom. The smallest absolute Gasteiger partial charge is 0.315 e. The molecule has 0 saturated heterocycles. The van der Waals surface area contributed by atoms with Crippen molar-refractivity contribution in [2.24, 2.45) is 5.41 Å². The molecule has 122 valence electrons. The lowest BCUT2D eigenvalue weighted by Gasteiger charge is -2.33. The highest BCUT2D eigenvalue weighted by Crippen LogP contribution is 2.34. The van der Waals surface area contributed by atoms with Gasteiger partial charge >= 0.3 is 12.0 Å². The van der Waals surface area contributed by atoms with Crippen LogP contribution in [0.15, 0.2) is 24.3 Å². The van der Waals surface area contributed by atoms with Crippen LogP contribution in [0.4, 0.5) is 4.79 Å². The van der Waals surface area contributed by atoms with E-state index in [2.05, 4.69) is 31.4 Å². The van der Waals surface area contributed by atoms with Gasteiger partial charge in [0.05, 0.1) is 6.04 Å². The van der Waals surface area contributed by atoms with E-state index < -0.39 is 5.97 Å². The van der Waals surface area contributed by atoms with Crippen molar-refractivity contribution in [3.8, 4) is 0 Å². The maximum Gasteiger partial charge on any atom is 0.315 e. The predicted octanol–water partition coefficient (Wildman–Crippen LogP) is 3.25. The number of rotatable bonds is 6. The highest BCUT2D eigenvalue weighted by molar-refractivity contribution is 5.74. The van der Waals surface area contributed by atoms with Crippen LogP contribution in [0.5, 0.6) is 0 Å². The number of hydrogen-bond donors (Lipinski definition) is 3. The summed E-state index contributed by atoms with van der Waals surface area (Å²) in [6.45, 7) is 8.61. The van der Waals surface area contributed by atoms with Crippen LogP contribution < -0.4 is 10.6 Å². The summed E-state index contributed by atoms with van der Waals surface area (Å²) in [4.78, 5) is 22.5. The molecule has 3 N–H and O–H groups in total. The maximum absolute atomic E-state index is 12.1. The van der Waals surface area contributed by atoms with Crippen molar-refractivity contribution in [3.63, 3.8) is 0 Å². The van der Waals surface area contributed by atoms with Gasteiger partial charge in [0.1, 0.15) is 0 Å². The summed E-state index contributed by atoms with van der Waals surface area (Å²) in [5, 5.41) is 14.3. The molecular formula is C17H26N2O3. The van der Waals surface area contributed by atoms with E-state index in [0.717, 1.165) is 11.1 Å². The third-order valence-corrected chi connectivity index (χ3v) is 3.49. The number of amides is 2. The quantitative estimate of drug-likeness (QED) is 0.706. The Morgan fingerprint density at radius 1 is 1.23 bits per heavy atom. The summed E-state index contributed by atoms with van der Waals surface area (Å²) in [5.74, 6) is -0.852. The van der Waals surface area contributed by atoms with E-state index in [1.54, 1.807) is 0 Å². The molecule has 1 rings (SSSR count). The topological polar surface area (TPSA) is 78.4 Å². The van der Waals surface area contributed by atoms with Gasteiger partial charge in [-0.05, 0) is 29.9 Å². The van der Waals surface area contributed by atoms with Crippen LogP contribution in [0.1, 0.15) is 50.8 Å². The Bertz CT molecular complexity index is 521. The molecule has 1 unspecified atom stereocenters. The van der Waals surface area contributed by atoms with E-state index in [4.69, 9.17) is 5.11 Å². The van der Waals surface area contributed by atoms with E-state index in [-0.39, 0.29) is 23.9 Å². The van der Waals surface area contributed by atoms with Gasteiger partial charge in [-0.25, -0.2) is 4.79 Å². The first-order chi connectivity index (χ1) is 10.2. The Hall–Kier alpha value is -2.04. The zero-order chi connectivity index (χ0) is 16.8. The molecule has 0 aliphatic rings. The summed E-state index contributed by atoms with van der Waals surface area (Å²) >= 11 is 0. The second-order valence-electron chi connectivity index (χ2n) is 6.55. The molecule has 0 bridgehead atoms. The fourth-order valence-corrected chi connectivity index (χ4v) is 2.30. The number of carbonyl (C=O) groups excluding carboxylic acids is 1. The summed E-state index contributed by atoms with van der Waals surface area (Å²) in [6.07, 6.45) is 0.480. The minimum atomic E-state index is -0.852. The normalized spacial score (nSPS) is 12.5. The highest BCUT2D eigenvalue weighted by atomic mass is 16.4. The van der Waals surface area contributed by atoms with Gasteiger partial charge in [0.25, 0.3) is 0 Å². The average Bonchev–Trinajstić information content (AvgIpc) is 2.40.